The maximum atomic E-state index is 5.91. The molecular formula is C27H30O. The van der Waals surface area contributed by atoms with Gasteiger partial charge in [0, 0.05) is 24.2 Å². The average Bonchev–Trinajstić information content (AvgIpc) is 2.76. The molecule has 0 aromatic heterocycles. The largest absolute Gasteiger partial charge is 0.378 e. The first kappa shape index (κ1) is 20.3. The second kappa shape index (κ2) is 10.8. The molecule has 3 rings (SSSR count). The van der Waals surface area contributed by atoms with Crippen molar-refractivity contribution in [3.63, 3.8) is 0 Å². The van der Waals surface area contributed by atoms with Gasteiger partial charge in [-0.2, -0.15) is 0 Å². The number of benzene rings is 2. The van der Waals surface area contributed by atoms with Crippen LogP contribution in [-0.2, 0) is 11.2 Å². The van der Waals surface area contributed by atoms with E-state index in [9.17, 15) is 0 Å². The highest BCUT2D eigenvalue weighted by atomic mass is 16.5. The highest BCUT2D eigenvalue weighted by molar-refractivity contribution is 5.44. The van der Waals surface area contributed by atoms with E-state index < -0.39 is 0 Å². The van der Waals surface area contributed by atoms with Crippen molar-refractivity contribution in [2.45, 2.75) is 64.4 Å². The molecule has 2 aromatic carbocycles. The van der Waals surface area contributed by atoms with Crippen molar-refractivity contribution in [3.8, 4) is 23.7 Å². The van der Waals surface area contributed by atoms with Crippen LogP contribution < -0.4 is 0 Å². The van der Waals surface area contributed by atoms with Crippen molar-refractivity contribution in [2.75, 3.05) is 6.61 Å². The lowest BCUT2D eigenvalue weighted by Gasteiger charge is -2.28. The molecule has 144 valence electrons. The monoisotopic (exact) mass is 370 g/mol. The van der Waals surface area contributed by atoms with Crippen LogP contribution in [0.15, 0.2) is 48.5 Å². The van der Waals surface area contributed by atoms with E-state index in [2.05, 4.69) is 79.1 Å². The summed E-state index contributed by atoms with van der Waals surface area (Å²) in [6.07, 6.45) is 7.22. The first-order valence-electron chi connectivity index (χ1n) is 10.5. The molecule has 0 heterocycles. The fourth-order valence-electron chi connectivity index (χ4n) is 3.73. The maximum Gasteiger partial charge on any atom is 0.0575 e. The van der Waals surface area contributed by atoms with Crippen LogP contribution in [0.1, 0.15) is 74.1 Å². The van der Waals surface area contributed by atoms with Crippen molar-refractivity contribution >= 4 is 0 Å². The molecule has 1 nitrogen and oxygen atoms in total. The van der Waals surface area contributed by atoms with Crippen LogP contribution in [-0.4, -0.2) is 12.7 Å². The molecule has 0 amide bonds. The predicted octanol–water partition coefficient (Wildman–Crippen LogP) is 6.11. The van der Waals surface area contributed by atoms with Gasteiger partial charge in [-0.1, -0.05) is 49.0 Å². The molecular weight excluding hydrogens is 340 g/mol. The summed E-state index contributed by atoms with van der Waals surface area (Å²) in [7, 11) is 0. The Hall–Kier alpha value is -2.48. The van der Waals surface area contributed by atoms with Crippen molar-refractivity contribution in [3.05, 3.63) is 70.8 Å². The van der Waals surface area contributed by atoms with Gasteiger partial charge in [-0.05, 0) is 80.3 Å². The fourth-order valence-corrected chi connectivity index (χ4v) is 3.73. The molecule has 0 saturated heterocycles. The minimum atomic E-state index is 0.474. The second-order valence-electron chi connectivity index (χ2n) is 7.52. The Morgan fingerprint density at radius 3 is 2.04 bits per heavy atom. The van der Waals surface area contributed by atoms with Gasteiger partial charge in [0.25, 0.3) is 0 Å². The lowest BCUT2D eigenvalue weighted by atomic mass is 9.82. The third-order valence-electron chi connectivity index (χ3n) is 5.39. The van der Waals surface area contributed by atoms with Crippen LogP contribution >= 0.6 is 0 Å². The van der Waals surface area contributed by atoms with Gasteiger partial charge in [-0.3, -0.25) is 0 Å². The predicted molar refractivity (Wildman–Crippen MR) is 117 cm³/mol. The molecule has 0 atom stereocenters. The second-order valence-corrected chi connectivity index (χ2v) is 7.52. The normalized spacial score (nSPS) is 18.5. The topological polar surface area (TPSA) is 9.23 Å². The Morgan fingerprint density at radius 2 is 1.46 bits per heavy atom. The summed E-state index contributed by atoms with van der Waals surface area (Å²) < 4.78 is 5.91. The van der Waals surface area contributed by atoms with Crippen molar-refractivity contribution in [2.24, 2.45) is 0 Å². The van der Waals surface area contributed by atoms with Gasteiger partial charge in [0.2, 0.25) is 0 Å². The Kier molecular flexibility index (Phi) is 7.78. The first-order valence-corrected chi connectivity index (χ1v) is 10.5. The summed E-state index contributed by atoms with van der Waals surface area (Å²) in [6.45, 7) is 4.95. The number of hydrogen-bond acceptors (Lipinski definition) is 1. The minimum absolute atomic E-state index is 0.474. The molecule has 1 aliphatic carbocycles. The van der Waals surface area contributed by atoms with Gasteiger partial charge in [-0.15, -0.1) is 5.92 Å². The number of ether oxygens (including phenoxy) is 1. The molecule has 1 aliphatic rings. The summed E-state index contributed by atoms with van der Waals surface area (Å²) in [5.74, 6) is 13.2. The first-order chi connectivity index (χ1) is 13.8. The van der Waals surface area contributed by atoms with Crippen molar-refractivity contribution < 1.29 is 4.74 Å². The molecule has 0 spiro atoms. The molecule has 28 heavy (non-hydrogen) atoms. The number of hydrogen-bond donors (Lipinski definition) is 0. The van der Waals surface area contributed by atoms with Crippen molar-refractivity contribution in [1.29, 1.82) is 0 Å². The van der Waals surface area contributed by atoms with Crippen LogP contribution in [0.25, 0.3) is 0 Å². The van der Waals surface area contributed by atoms with Crippen LogP contribution in [0.4, 0.5) is 0 Å². The van der Waals surface area contributed by atoms with E-state index in [-0.39, 0.29) is 0 Å². The lowest BCUT2D eigenvalue weighted by Crippen LogP contribution is -2.21. The zero-order valence-electron chi connectivity index (χ0n) is 17.1. The maximum absolute atomic E-state index is 5.91. The Morgan fingerprint density at radius 1 is 0.857 bits per heavy atom. The molecule has 1 saturated carbocycles. The molecule has 0 aliphatic heterocycles. The van der Waals surface area contributed by atoms with E-state index in [1.165, 1.54) is 36.8 Å². The van der Waals surface area contributed by atoms with Crippen LogP contribution in [0.5, 0.6) is 0 Å². The summed E-state index contributed by atoms with van der Waals surface area (Å²) in [5, 5.41) is 0. The van der Waals surface area contributed by atoms with Crippen LogP contribution in [0.3, 0.4) is 0 Å². The van der Waals surface area contributed by atoms with Gasteiger partial charge < -0.3 is 4.74 Å². The van der Waals surface area contributed by atoms with E-state index in [1.54, 1.807) is 0 Å². The molecule has 0 N–H and O–H groups in total. The summed E-state index contributed by atoms with van der Waals surface area (Å²) in [6, 6.07) is 17.2. The Bertz CT molecular complexity index is 845. The smallest absolute Gasteiger partial charge is 0.0575 e. The average molecular weight is 371 g/mol. The molecule has 0 unspecified atom stereocenters. The van der Waals surface area contributed by atoms with Gasteiger partial charge in [0.15, 0.2) is 0 Å². The van der Waals surface area contributed by atoms with Gasteiger partial charge in [0.05, 0.1) is 6.10 Å². The summed E-state index contributed by atoms with van der Waals surface area (Å²) >= 11 is 0. The van der Waals surface area contributed by atoms with E-state index in [4.69, 9.17) is 4.74 Å². The quantitative estimate of drug-likeness (QED) is 0.577. The highest BCUT2D eigenvalue weighted by Crippen LogP contribution is 2.34. The zero-order valence-corrected chi connectivity index (χ0v) is 17.1. The zero-order chi connectivity index (χ0) is 19.6. The Balaban J connectivity index is 1.55. The lowest BCUT2D eigenvalue weighted by molar-refractivity contribution is 0.0251. The van der Waals surface area contributed by atoms with Gasteiger partial charge in [0.1, 0.15) is 0 Å². The number of rotatable bonds is 5. The molecule has 0 bridgehead atoms. The fraction of sp³-hybridized carbons (Fsp3) is 0.407. The van der Waals surface area contributed by atoms with E-state index >= 15 is 0 Å². The van der Waals surface area contributed by atoms with Gasteiger partial charge >= 0.3 is 0 Å². The van der Waals surface area contributed by atoms with Gasteiger partial charge in [-0.25, -0.2) is 0 Å². The van der Waals surface area contributed by atoms with E-state index in [0.29, 0.717) is 12.0 Å². The van der Waals surface area contributed by atoms with E-state index in [1.807, 2.05) is 6.92 Å². The third-order valence-corrected chi connectivity index (χ3v) is 5.39. The minimum Gasteiger partial charge on any atom is -0.378 e. The summed E-state index contributed by atoms with van der Waals surface area (Å²) in [5.41, 5.74) is 4.80. The molecule has 0 radical (unpaired) electrons. The molecule has 1 heteroatoms. The van der Waals surface area contributed by atoms with Crippen LogP contribution in [0, 0.1) is 23.7 Å². The summed E-state index contributed by atoms with van der Waals surface area (Å²) in [4.78, 5) is 0. The highest BCUT2D eigenvalue weighted by Gasteiger charge is 2.22. The SMILES string of the molecule is CC#CCc1ccc(C#Cc2ccc(C3CCC(OCCC)CC3)cc2)cc1. The van der Waals surface area contributed by atoms with Crippen molar-refractivity contribution in [1.82, 2.24) is 0 Å². The Labute approximate surface area is 170 Å². The van der Waals surface area contributed by atoms with Crippen LogP contribution in [0.2, 0.25) is 0 Å². The molecule has 2 aromatic rings. The third kappa shape index (κ3) is 6.02. The molecule has 1 fully saturated rings. The standard InChI is InChI=1S/C27H30O/c1-3-5-6-22-7-9-23(10-8-22)11-12-24-13-15-25(16-14-24)26-17-19-27(20-18-26)28-21-4-2/h7-10,13-16,26-27H,4,6,17-21H2,1-2H3. The van der Waals surface area contributed by atoms with E-state index in [0.717, 1.165) is 30.6 Å².